The summed E-state index contributed by atoms with van der Waals surface area (Å²) in [5.74, 6) is 0.863. The van der Waals surface area contributed by atoms with Crippen molar-refractivity contribution in [1.82, 2.24) is 10.3 Å². The van der Waals surface area contributed by atoms with Gasteiger partial charge in [-0.2, -0.15) is 0 Å². The number of nitrogens with one attached hydrogen (secondary N) is 1. The maximum atomic E-state index is 13.9. The molecule has 0 aliphatic heterocycles. The van der Waals surface area contributed by atoms with E-state index in [0.717, 1.165) is 36.6 Å². The van der Waals surface area contributed by atoms with Gasteiger partial charge in [0.2, 0.25) is 5.91 Å². The Hall–Kier alpha value is -1.97. The first kappa shape index (κ1) is 19.4. The molecule has 3 nitrogen and oxygen atoms in total. The highest BCUT2D eigenvalue weighted by Gasteiger charge is 2.58. The molecule has 1 aromatic carbocycles. The van der Waals surface area contributed by atoms with Gasteiger partial charge in [-0.25, -0.2) is 4.39 Å². The summed E-state index contributed by atoms with van der Waals surface area (Å²) in [4.78, 5) is 16.7. The number of carbonyl (C=O) groups is 1. The zero-order valence-corrected chi connectivity index (χ0v) is 17.4. The molecule has 0 bridgehead atoms. The van der Waals surface area contributed by atoms with Crippen molar-refractivity contribution in [2.24, 2.45) is 16.7 Å². The number of pyridine rings is 1. The van der Waals surface area contributed by atoms with Crippen molar-refractivity contribution in [2.75, 3.05) is 0 Å². The zero-order chi connectivity index (χ0) is 20.1. The first-order valence-corrected chi connectivity index (χ1v) is 10.5. The van der Waals surface area contributed by atoms with Gasteiger partial charge in [0, 0.05) is 24.0 Å². The number of hydrogen-bond donors (Lipinski definition) is 1. The fourth-order valence-corrected chi connectivity index (χ4v) is 6.16. The normalized spacial score (nSPS) is 32.1. The average Bonchev–Trinajstić information content (AvgIpc) is 2.96. The van der Waals surface area contributed by atoms with Crippen LogP contribution in [0, 0.1) is 22.6 Å². The largest absolute Gasteiger partial charge is 0.354 e. The van der Waals surface area contributed by atoms with Crippen LogP contribution in [0.15, 0.2) is 30.5 Å². The lowest BCUT2D eigenvalue weighted by Crippen LogP contribution is -2.31. The van der Waals surface area contributed by atoms with Gasteiger partial charge >= 0.3 is 0 Å². The van der Waals surface area contributed by atoms with Gasteiger partial charge in [-0.15, -0.1) is 0 Å². The Morgan fingerprint density at radius 3 is 2.50 bits per heavy atom. The molecule has 0 saturated heterocycles. The summed E-state index contributed by atoms with van der Waals surface area (Å²) in [7, 11) is 0. The molecule has 2 aromatic rings. The molecule has 0 radical (unpaired) electrons. The third kappa shape index (κ3) is 3.31. The van der Waals surface area contributed by atoms with Crippen molar-refractivity contribution in [3.8, 4) is 0 Å². The number of benzene rings is 1. The van der Waals surface area contributed by atoms with E-state index in [1.165, 1.54) is 11.6 Å². The SMILES string of the molecule is CC(C)NC(=O)C[C@@H]1C[C@@]2(C)C[C@@H](c3ccnc4ccc(F)cc34)C[C@@]2(C)C1. The number of hydrogen-bond acceptors (Lipinski definition) is 2. The molecule has 28 heavy (non-hydrogen) atoms. The summed E-state index contributed by atoms with van der Waals surface area (Å²) in [6, 6.07) is 7.17. The summed E-state index contributed by atoms with van der Waals surface area (Å²) in [6.07, 6.45) is 6.89. The number of fused-ring (bicyclic) bond motifs is 2. The monoisotopic (exact) mass is 382 g/mol. The molecule has 0 unspecified atom stereocenters. The molecule has 2 saturated carbocycles. The third-order valence-electron chi connectivity index (χ3n) is 7.43. The van der Waals surface area contributed by atoms with Gasteiger partial charge < -0.3 is 5.32 Å². The predicted octanol–water partition coefficient (Wildman–Crippen LogP) is 5.59. The fourth-order valence-electron chi connectivity index (χ4n) is 6.16. The Morgan fingerprint density at radius 2 is 1.86 bits per heavy atom. The Morgan fingerprint density at radius 1 is 1.18 bits per heavy atom. The van der Waals surface area contributed by atoms with Crippen molar-refractivity contribution in [3.63, 3.8) is 0 Å². The van der Waals surface area contributed by atoms with E-state index >= 15 is 0 Å². The van der Waals surface area contributed by atoms with E-state index in [2.05, 4.69) is 30.2 Å². The number of aromatic nitrogens is 1. The Balaban J connectivity index is 1.55. The second-order valence-electron chi connectivity index (χ2n) is 9.99. The molecule has 1 N–H and O–H groups in total. The first-order valence-electron chi connectivity index (χ1n) is 10.5. The molecule has 2 aliphatic rings. The smallest absolute Gasteiger partial charge is 0.220 e. The van der Waals surface area contributed by atoms with Gasteiger partial charge in [0.25, 0.3) is 0 Å². The maximum Gasteiger partial charge on any atom is 0.220 e. The average molecular weight is 383 g/mol. The van der Waals surface area contributed by atoms with E-state index < -0.39 is 0 Å². The van der Waals surface area contributed by atoms with Crippen LogP contribution >= 0.6 is 0 Å². The Bertz CT molecular complexity index is 891. The zero-order valence-electron chi connectivity index (χ0n) is 17.4. The Labute approximate surface area is 167 Å². The van der Waals surface area contributed by atoms with E-state index in [1.54, 1.807) is 12.1 Å². The van der Waals surface area contributed by atoms with Crippen molar-refractivity contribution in [1.29, 1.82) is 0 Å². The number of halogens is 1. The molecular formula is C24H31FN2O. The van der Waals surface area contributed by atoms with Crippen LogP contribution in [0.4, 0.5) is 4.39 Å². The lowest BCUT2D eigenvalue weighted by atomic mass is 9.71. The molecule has 1 heterocycles. The Kier molecular flexibility index (Phi) is 4.71. The standard InChI is InChI=1S/C24H31FN2O/c1-15(2)27-22(28)9-16-11-23(3)13-17(14-24(23,4)12-16)19-7-8-26-21-6-5-18(25)10-20(19)21/h5-8,10,15-17H,9,11-14H2,1-4H3,(H,27,28)/t16-,17-,23+,24-. The van der Waals surface area contributed by atoms with E-state index in [9.17, 15) is 9.18 Å². The number of carbonyl (C=O) groups excluding carboxylic acids is 1. The highest BCUT2D eigenvalue weighted by molar-refractivity contribution is 5.82. The molecule has 150 valence electrons. The van der Waals surface area contributed by atoms with Crippen LogP contribution in [0.5, 0.6) is 0 Å². The number of nitrogens with zero attached hydrogens (tertiary/aromatic N) is 1. The first-order chi connectivity index (χ1) is 13.2. The fraction of sp³-hybridized carbons (Fsp3) is 0.583. The second-order valence-corrected chi connectivity index (χ2v) is 9.99. The lowest BCUT2D eigenvalue weighted by molar-refractivity contribution is -0.122. The van der Waals surface area contributed by atoms with Crippen molar-refractivity contribution in [2.45, 2.75) is 71.8 Å². The highest BCUT2D eigenvalue weighted by atomic mass is 19.1. The molecule has 1 amide bonds. The molecule has 4 atom stereocenters. The van der Waals surface area contributed by atoms with Crippen molar-refractivity contribution >= 4 is 16.8 Å². The number of amides is 1. The van der Waals surface area contributed by atoms with E-state index in [4.69, 9.17) is 0 Å². The van der Waals surface area contributed by atoms with Crippen LogP contribution in [0.2, 0.25) is 0 Å². The van der Waals surface area contributed by atoms with E-state index in [-0.39, 0.29) is 28.6 Å². The molecular weight excluding hydrogens is 351 g/mol. The summed E-state index contributed by atoms with van der Waals surface area (Å²) in [5, 5.41) is 3.99. The maximum absolute atomic E-state index is 13.9. The van der Waals surface area contributed by atoms with Gasteiger partial charge in [0.15, 0.2) is 0 Å². The van der Waals surface area contributed by atoms with Crippen LogP contribution in [0.3, 0.4) is 0 Å². The molecule has 1 aromatic heterocycles. The topological polar surface area (TPSA) is 42.0 Å². The summed E-state index contributed by atoms with van der Waals surface area (Å²) < 4.78 is 13.9. The third-order valence-corrected chi connectivity index (χ3v) is 7.43. The van der Waals surface area contributed by atoms with Gasteiger partial charge in [0.05, 0.1) is 5.52 Å². The predicted molar refractivity (Wildman–Crippen MR) is 111 cm³/mol. The van der Waals surface area contributed by atoms with Gasteiger partial charge in [-0.05, 0) is 92.0 Å². The van der Waals surface area contributed by atoms with E-state index in [0.29, 0.717) is 18.3 Å². The number of rotatable bonds is 4. The minimum atomic E-state index is -0.200. The van der Waals surface area contributed by atoms with Crippen LogP contribution in [-0.2, 0) is 4.79 Å². The molecule has 4 rings (SSSR count). The molecule has 4 heteroatoms. The van der Waals surface area contributed by atoms with Gasteiger partial charge in [-0.3, -0.25) is 9.78 Å². The molecule has 0 spiro atoms. The van der Waals surface area contributed by atoms with Crippen LogP contribution in [0.1, 0.15) is 71.3 Å². The van der Waals surface area contributed by atoms with Crippen LogP contribution in [-0.4, -0.2) is 16.9 Å². The van der Waals surface area contributed by atoms with Crippen molar-refractivity contribution in [3.05, 3.63) is 41.8 Å². The highest BCUT2D eigenvalue weighted by Crippen LogP contribution is 2.68. The molecule has 2 aliphatic carbocycles. The summed E-state index contributed by atoms with van der Waals surface area (Å²) >= 11 is 0. The lowest BCUT2D eigenvalue weighted by Gasteiger charge is -2.34. The summed E-state index contributed by atoms with van der Waals surface area (Å²) in [6.45, 7) is 8.82. The van der Waals surface area contributed by atoms with Crippen molar-refractivity contribution < 1.29 is 9.18 Å². The minimum Gasteiger partial charge on any atom is -0.354 e. The summed E-state index contributed by atoms with van der Waals surface area (Å²) in [5.41, 5.74) is 2.55. The quantitative estimate of drug-likeness (QED) is 0.749. The second kappa shape index (κ2) is 6.82. The minimum absolute atomic E-state index is 0.180. The van der Waals surface area contributed by atoms with Crippen LogP contribution in [0.25, 0.3) is 10.9 Å². The molecule has 2 fully saturated rings. The van der Waals surface area contributed by atoms with Gasteiger partial charge in [-0.1, -0.05) is 13.8 Å². The van der Waals surface area contributed by atoms with E-state index in [1.807, 2.05) is 20.0 Å². The van der Waals surface area contributed by atoms with Gasteiger partial charge in [0.1, 0.15) is 5.82 Å². The van der Waals surface area contributed by atoms with Crippen LogP contribution < -0.4 is 5.32 Å².